The number of nitrogens with zero attached hydrogens (tertiary/aromatic N) is 5. The summed E-state index contributed by atoms with van der Waals surface area (Å²) in [4.78, 5) is 24.7. The molecule has 1 unspecified atom stereocenters. The second-order valence-corrected chi connectivity index (χ2v) is 19.5. The fourth-order valence-corrected chi connectivity index (χ4v) is 10.8. The zero-order chi connectivity index (χ0) is 45.5. The Bertz CT molecular complexity index is 2630. The van der Waals surface area contributed by atoms with Gasteiger partial charge in [-0.05, 0) is 99.8 Å². The van der Waals surface area contributed by atoms with Gasteiger partial charge in [-0.15, -0.1) is 10.2 Å². The molecule has 1 aliphatic rings. The van der Waals surface area contributed by atoms with Gasteiger partial charge in [-0.25, -0.2) is 26.4 Å². The molecule has 3 N–H and O–H groups in total. The summed E-state index contributed by atoms with van der Waals surface area (Å²) < 4.78 is 86.6. The van der Waals surface area contributed by atoms with Crippen LogP contribution in [0.5, 0.6) is 17.2 Å². The molecule has 6 rings (SSSR count). The van der Waals surface area contributed by atoms with Crippen molar-refractivity contribution in [2.75, 3.05) is 27.9 Å². The third-order valence-electron chi connectivity index (χ3n) is 10.5. The number of benzene rings is 4. The van der Waals surface area contributed by atoms with Gasteiger partial charge in [0.05, 0.1) is 39.5 Å². The number of tetrazole rings is 1. The topological polar surface area (TPSA) is 224 Å². The lowest BCUT2D eigenvalue weighted by Gasteiger charge is -2.31. The first-order valence-electron chi connectivity index (χ1n) is 19.9. The van der Waals surface area contributed by atoms with Crippen LogP contribution in [0, 0.1) is 5.41 Å². The van der Waals surface area contributed by atoms with Crippen LogP contribution in [0.4, 0.5) is 4.79 Å². The second kappa shape index (κ2) is 19.5. The molecule has 0 radical (unpaired) electrons. The summed E-state index contributed by atoms with van der Waals surface area (Å²) >= 11 is 0. The van der Waals surface area contributed by atoms with Crippen molar-refractivity contribution >= 4 is 37.5 Å². The van der Waals surface area contributed by atoms with Crippen molar-refractivity contribution in [3.63, 3.8) is 0 Å². The van der Waals surface area contributed by atoms with Crippen LogP contribution < -0.4 is 24.7 Å². The summed E-state index contributed by atoms with van der Waals surface area (Å²) in [5.41, 5.74) is 6.86. The van der Waals surface area contributed by atoms with E-state index in [4.69, 9.17) is 24.7 Å². The number of ketones is 1. The summed E-state index contributed by atoms with van der Waals surface area (Å²) in [5.74, 6) is 1.35. The number of hydrogen-bond acceptors (Lipinski definition) is 13. The van der Waals surface area contributed by atoms with Crippen LogP contribution in [-0.4, -0.2) is 87.2 Å². The molecule has 0 saturated carbocycles. The molecular weight excluding hydrogens is 851 g/mol. The van der Waals surface area contributed by atoms with Crippen LogP contribution in [-0.2, 0) is 49.2 Å². The van der Waals surface area contributed by atoms with Crippen LogP contribution in [0.25, 0.3) is 17.0 Å². The summed E-state index contributed by atoms with van der Waals surface area (Å²) in [6, 6.07) is 22.3. The number of nitrogens with two attached hydrogens (primary N) is 1. The maximum atomic E-state index is 15.9. The molecule has 4 aromatic carbocycles. The molecule has 0 bridgehead atoms. The van der Waals surface area contributed by atoms with Crippen molar-refractivity contribution in [2.45, 2.75) is 75.5 Å². The normalized spacial score (nSPS) is 14.0. The summed E-state index contributed by atoms with van der Waals surface area (Å²) in [5, 5.41) is 13.3. The van der Waals surface area contributed by atoms with Crippen molar-refractivity contribution in [1.82, 2.24) is 29.2 Å². The third-order valence-corrected chi connectivity index (χ3v) is 14.0. The second-order valence-electron chi connectivity index (χ2n) is 15.9. The maximum Gasteiger partial charge on any atom is 0.404 e. The highest BCUT2D eigenvalue weighted by Crippen LogP contribution is 2.42. The molecule has 63 heavy (non-hydrogen) atoms. The zero-order valence-electron chi connectivity index (χ0n) is 35.9. The molecule has 1 heterocycles. The molecule has 19 heteroatoms. The minimum atomic E-state index is -4.95. The number of primary amides is 1. The van der Waals surface area contributed by atoms with Gasteiger partial charge in [0, 0.05) is 19.5 Å². The Kier molecular flexibility index (Phi) is 14.3. The van der Waals surface area contributed by atoms with Gasteiger partial charge in [0.25, 0.3) is 0 Å². The molecule has 1 aliphatic carbocycles. The molecule has 0 fully saturated rings. The summed E-state index contributed by atoms with van der Waals surface area (Å²) in [7, 11) is -5.21. The van der Waals surface area contributed by atoms with E-state index in [0.717, 1.165) is 9.87 Å². The Labute approximate surface area is 367 Å². The lowest BCUT2D eigenvalue weighted by atomic mass is 9.88. The predicted octanol–water partition coefficient (Wildman–Crippen LogP) is 5.73. The largest absolute Gasteiger partial charge is 0.497 e. The van der Waals surface area contributed by atoms with Gasteiger partial charge in [-0.1, -0.05) is 63.2 Å². The van der Waals surface area contributed by atoms with E-state index in [2.05, 4.69) is 20.1 Å². The van der Waals surface area contributed by atoms with Crippen molar-refractivity contribution in [3.05, 3.63) is 113 Å². The van der Waals surface area contributed by atoms with E-state index < -0.39 is 54.0 Å². The first-order valence-corrected chi connectivity index (χ1v) is 22.9. The number of sulfonamides is 2. The number of ether oxygens (including phenoxy) is 4. The van der Waals surface area contributed by atoms with Crippen LogP contribution in [0.15, 0.2) is 101 Å². The summed E-state index contributed by atoms with van der Waals surface area (Å²) in [6.07, 6.45) is 1.46. The van der Waals surface area contributed by atoms with Gasteiger partial charge in [0.15, 0.2) is 5.78 Å². The Morgan fingerprint density at radius 2 is 1.35 bits per heavy atom. The number of allylic oxidation sites excluding steroid dienone is 2. The lowest BCUT2D eigenvalue weighted by Crippen LogP contribution is -2.47. The molecule has 1 aromatic heterocycles. The highest BCUT2D eigenvalue weighted by Gasteiger charge is 2.40. The van der Waals surface area contributed by atoms with Crippen molar-refractivity contribution < 1.29 is 45.4 Å². The lowest BCUT2D eigenvalue weighted by molar-refractivity contribution is -0.114. The average Bonchev–Trinajstić information content (AvgIpc) is 3.72. The number of aromatic nitrogens is 4. The molecule has 0 saturated heterocycles. The minimum absolute atomic E-state index is 0.114. The van der Waals surface area contributed by atoms with E-state index in [0.29, 0.717) is 46.8 Å². The van der Waals surface area contributed by atoms with Crippen LogP contribution in [0.1, 0.15) is 62.3 Å². The van der Waals surface area contributed by atoms with Crippen molar-refractivity contribution in [2.24, 2.45) is 11.1 Å². The van der Waals surface area contributed by atoms with E-state index in [1.807, 2.05) is 12.1 Å². The number of rotatable bonds is 18. The van der Waals surface area contributed by atoms with Gasteiger partial charge in [-0.2, -0.15) is 9.10 Å². The number of amides is 1. The van der Waals surface area contributed by atoms with Gasteiger partial charge >= 0.3 is 6.09 Å². The van der Waals surface area contributed by atoms with Crippen molar-refractivity contribution in [3.8, 4) is 28.6 Å². The minimum Gasteiger partial charge on any atom is -0.497 e. The number of methoxy groups -OCH3 is 3. The number of hydrogen-bond donors (Lipinski definition) is 2. The fourth-order valence-electron chi connectivity index (χ4n) is 6.93. The van der Waals surface area contributed by atoms with Crippen molar-refractivity contribution in [1.29, 1.82) is 0 Å². The smallest absolute Gasteiger partial charge is 0.404 e. The quantitative estimate of drug-likeness (QED) is 0.107. The van der Waals surface area contributed by atoms with Gasteiger partial charge in [-0.3, -0.25) is 4.79 Å². The van der Waals surface area contributed by atoms with E-state index in [9.17, 15) is 18.0 Å². The van der Waals surface area contributed by atoms with Crippen LogP contribution >= 0.6 is 0 Å². The summed E-state index contributed by atoms with van der Waals surface area (Å²) in [6.45, 7) is 4.39. The Morgan fingerprint density at radius 3 is 1.84 bits per heavy atom. The van der Waals surface area contributed by atoms with E-state index in [-0.39, 0.29) is 48.8 Å². The van der Waals surface area contributed by atoms with E-state index >= 15 is 8.42 Å². The molecule has 1 amide bonds. The first kappa shape index (κ1) is 46.4. The number of nitrogens with one attached hydrogen (secondary N) is 1. The zero-order valence-corrected chi connectivity index (χ0v) is 37.5. The van der Waals surface area contributed by atoms with Crippen LogP contribution in [0.3, 0.4) is 0 Å². The highest BCUT2D eigenvalue weighted by molar-refractivity contribution is 7.92. The van der Waals surface area contributed by atoms with Gasteiger partial charge < -0.3 is 24.7 Å². The highest BCUT2D eigenvalue weighted by atomic mass is 32.2. The molecule has 0 aliphatic heterocycles. The van der Waals surface area contributed by atoms with Crippen LogP contribution in [0.2, 0.25) is 0 Å². The molecule has 1 atom stereocenters. The molecule has 0 spiro atoms. The monoisotopic (exact) mass is 901 g/mol. The Morgan fingerprint density at radius 1 is 0.810 bits per heavy atom. The standard InChI is InChI=1S/C44H51N7O10S2/c1-44(2,3)39(28-61-43(45)53)48-62(54,55)38-23-22-37(32-8-7-9-33(52)24-32)40(42-46-49-51(47-42)27-31-14-20-36(60-6)21-15-31)41(38)63(56,57)50(25-29-10-16-34(58-4)17-11-29)26-30-12-18-35(59-5)19-13-30/h10-24,39,48H,7-9,25-28H2,1-6H3,(H2,45,53). The number of carbonyl (C=O) groups is 2. The van der Waals surface area contributed by atoms with E-state index in [1.165, 1.54) is 37.2 Å². The predicted molar refractivity (Wildman–Crippen MR) is 234 cm³/mol. The van der Waals surface area contributed by atoms with E-state index in [1.54, 1.807) is 88.5 Å². The molecular formula is C44H51N7O10S2. The third kappa shape index (κ3) is 11.3. The Hall–Kier alpha value is -6.15. The van der Waals surface area contributed by atoms with Gasteiger partial charge in [0.1, 0.15) is 33.6 Å². The fraction of sp³-hybridized carbons (Fsp3) is 0.341. The average molecular weight is 902 g/mol. The van der Waals surface area contributed by atoms with Gasteiger partial charge in [0.2, 0.25) is 25.9 Å². The SMILES string of the molecule is COc1ccc(CN(Cc2ccc(OC)cc2)S(=O)(=O)c2c(S(=O)(=O)NC(COC(N)=O)C(C)(C)C)ccc(C3=CC(=O)CCC3)c2-c2nnn(Cc3ccc(OC)cc3)n2)cc1. The maximum absolute atomic E-state index is 15.9. The molecule has 5 aromatic rings. The molecule has 17 nitrogen and oxygen atoms in total. The molecule has 334 valence electrons. The number of carbonyl (C=O) groups excluding carboxylic acids is 2. The first-order chi connectivity index (χ1) is 29.9. The Balaban J connectivity index is 1.63.